The van der Waals surface area contributed by atoms with Crippen molar-refractivity contribution in [3.63, 3.8) is 0 Å². The van der Waals surface area contributed by atoms with Gasteiger partial charge in [0.2, 0.25) is 0 Å². The van der Waals surface area contributed by atoms with Gasteiger partial charge in [-0.15, -0.1) is 0 Å². The van der Waals surface area contributed by atoms with Gasteiger partial charge in [-0.3, -0.25) is 9.69 Å². The smallest absolute Gasteiger partial charge is 0.321 e. The van der Waals surface area contributed by atoms with E-state index in [2.05, 4.69) is 15.5 Å². The average Bonchev–Trinajstić information content (AvgIpc) is 3.34. The first kappa shape index (κ1) is 25.8. The number of nitrogens with zero attached hydrogens (tertiary/aromatic N) is 2. The monoisotopic (exact) mass is 496 g/mol. The predicted molar refractivity (Wildman–Crippen MR) is 138 cm³/mol. The Morgan fingerprint density at radius 3 is 2.56 bits per heavy atom. The van der Waals surface area contributed by atoms with E-state index in [1.54, 1.807) is 60.5 Å². The summed E-state index contributed by atoms with van der Waals surface area (Å²) in [5.41, 5.74) is 1.10. The molecule has 0 bridgehead atoms. The second-order valence-electron chi connectivity index (χ2n) is 9.32. The van der Waals surface area contributed by atoms with E-state index in [4.69, 9.17) is 9.47 Å². The number of anilines is 1. The maximum atomic E-state index is 12.9. The minimum Gasteiger partial charge on any atom is -0.497 e. The molecule has 194 valence electrons. The predicted octanol–water partition coefficient (Wildman–Crippen LogP) is 2.96. The molecular weight excluding hydrogens is 460 g/mol. The molecule has 2 saturated heterocycles. The van der Waals surface area contributed by atoms with Gasteiger partial charge in [0, 0.05) is 37.0 Å². The van der Waals surface area contributed by atoms with E-state index in [1.807, 2.05) is 0 Å². The van der Waals surface area contributed by atoms with Crippen LogP contribution in [0.2, 0.25) is 0 Å². The number of ether oxygens (including phenoxy) is 2. The van der Waals surface area contributed by atoms with Crippen LogP contribution in [0.25, 0.3) is 0 Å². The van der Waals surface area contributed by atoms with Crippen LogP contribution in [-0.4, -0.2) is 85.4 Å². The van der Waals surface area contributed by atoms with Crippen molar-refractivity contribution >= 4 is 17.6 Å². The molecule has 0 radical (unpaired) electrons. The first-order valence-corrected chi connectivity index (χ1v) is 12.7. The van der Waals surface area contributed by atoms with E-state index >= 15 is 0 Å². The number of benzene rings is 2. The lowest BCUT2D eigenvalue weighted by molar-refractivity contribution is 0.0811. The molecule has 2 heterocycles. The number of carbonyl (C=O) groups excluding carboxylic acids is 2. The zero-order valence-electron chi connectivity index (χ0n) is 20.8. The van der Waals surface area contributed by atoms with Crippen LogP contribution in [-0.2, 0) is 0 Å². The minimum absolute atomic E-state index is 0.209. The second kappa shape index (κ2) is 12.6. The van der Waals surface area contributed by atoms with Crippen LogP contribution < -0.4 is 20.1 Å². The summed E-state index contributed by atoms with van der Waals surface area (Å²) in [6.07, 6.45) is 2.91. The summed E-state index contributed by atoms with van der Waals surface area (Å²) < 4.78 is 11.0. The van der Waals surface area contributed by atoms with Gasteiger partial charge in [0.25, 0.3) is 5.91 Å². The molecule has 3 amide bonds. The highest BCUT2D eigenvalue weighted by atomic mass is 16.5. The van der Waals surface area contributed by atoms with Crippen molar-refractivity contribution in [2.45, 2.75) is 37.8 Å². The zero-order chi connectivity index (χ0) is 25.3. The maximum Gasteiger partial charge on any atom is 0.321 e. The number of hydrogen-bond acceptors (Lipinski definition) is 6. The highest BCUT2D eigenvalue weighted by Crippen LogP contribution is 2.19. The van der Waals surface area contributed by atoms with Gasteiger partial charge in [-0.2, -0.15) is 0 Å². The minimum atomic E-state index is -0.739. The molecule has 9 nitrogen and oxygen atoms in total. The van der Waals surface area contributed by atoms with E-state index in [9.17, 15) is 14.7 Å². The Bertz CT molecular complexity index is 1010. The van der Waals surface area contributed by atoms with Crippen LogP contribution in [0.4, 0.5) is 10.5 Å². The van der Waals surface area contributed by atoms with Crippen molar-refractivity contribution in [3.8, 4) is 11.5 Å². The summed E-state index contributed by atoms with van der Waals surface area (Å²) in [7, 11) is 1.57. The molecule has 2 aromatic carbocycles. The molecule has 2 aromatic rings. The molecule has 2 aliphatic rings. The van der Waals surface area contributed by atoms with Crippen molar-refractivity contribution in [1.82, 2.24) is 15.1 Å². The van der Waals surface area contributed by atoms with E-state index in [1.165, 1.54) is 12.8 Å². The van der Waals surface area contributed by atoms with Crippen LogP contribution in [0.15, 0.2) is 48.5 Å². The van der Waals surface area contributed by atoms with Crippen LogP contribution >= 0.6 is 0 Å². The third-order valence-electron chi connectivity index (χ3n) is 6.73. The lowest BCUT2D eigenvalue weighted by Crippen LogP contribution is -2.50. The molecular formula is C27H36N4O5. The number of likely N-dealkylation sites (tertiary alicyclic amines) is 2. The Morgan fingerprint density at radius 2 is 1.81 bits per heavy atom. The lowest BCUT2D eigenvalue weighted by Gasteiger charge is -2.27. The first-order chi connectivity index (χ1) is 17.5. The zero-order valence-corrected chi connectivity index (χ0v) is 20.8. The Labute approximate surface area is 212 Å². The summed E-state index contributed by atoms with van der Waals surface area (Å²) >= 11 is 0. The number of aliphatic hydroxyl groups excluding tert-OH is 1. The summed E-state index contributed by atoms with van der Waals surface area (Å²) in [5.74, 6) is 1.07. The van der Waals surface area contributed by atoms with Gasteiger partial charge < -0.3 is 30.1 Å². The molecule has 3 N–H and O–H groups in total. The lowest BCUT2D eigenvalue weighted by atomic mass is 10.1. The van der Waals surface area contributed by atoms with Gasteiger partial charge in [-0.25, -0.2) is 4.79 Å². The quantitative estimate of drug-likeness (QED) is 0.519. The number of nitrogens with one attached hydrogen (secondary N) is 2. The molecule has 0 unspecified atom stereocenters. The number of hydrogen-bond donors (Lipinski definition) is 3. The molecule has 2 fully saturated rings. The second-order valence-corrected chi connectivity index (χ2v) is 9.32. The van der Waals surface area contributed by atoms with Gasteiger partial charge in [0.15, 0.2) is 0 Å². The van der Waals surface area contributed by atoms with Crippen molar-refractivity contribution in [1.29, 1.82) is 0 Å². The van der Waals surface area contributed by atoms with Gasteiger partial charge in [-0.1, -0.05) is 6.07 Å². The summed E-state index contributed by atoms with van der Waals surface area (Å²) in [6.45, 7) is 4.49. The number of aliphatic hydroxyl groups is 1. The highest BCUT2D eigenvalue weighted by Gasteiger charge is 2.29. The Kier molecular flexibility index (Phi) is 9.02. The topological polar surface area (TPSA) is 103 Å². The molecule has 0 spiro atoms. The SMILES string of the molecule is COc1cccc(NC(=O)N2CCC[C@@H](O)[C@H](NC(=O)c3ccc(OCCN4CCCC4)cc3)C2)c1. The van der Waals surface area contributed by atoms with Gasteiger partial charge in [-0.05, 0) is 75.2 Å². The molecule has 2 atom stereocenters. The van der Waals surface area contributed by atoms with E-state index < -0.39 is 12.1 Å². The maximum absolute atomic E-state index is 12.9. The van der Waals surface area contributed by atoms with Crippen molar-refractivity contribution in [2.75, 3.05) is 51.8 Å². The molecule has 9 heteroatoms. The average molecular weight is 497 g/mol. The molecule has 2 aliphatic heterocycles. The van der Waals surface area contributed by atoms with Crippen LogP contribution in [0.3, 0.4) is 0 Å². The third-order valence-corrected chi connectivity index (χ3v) is 6.73. The number of methoxy groups -OCH3 is 1. The number of amides is 3. The number of rotatable bonds is 8. The normalized spacial score (nSPS) is 20.4. The Hall–Kier alpha value is -3.30. The highest BCUT2D eigenvalue weighted by molar-refractivity contribution is 5.94. The fourth-order valence-corrected chi connectivity index (χ4v) is 4.63. The molecule has 4 rings (SSSR count). The Balaban J connectivity index is 1.30. The largest absolute Gasteiger partial charge is 0.497 e. The molecule has 0 saturated carbocycles. The molecule has 36 heavy (non-hydrogen) atoms. The molecule has 0 aromatic heterocycles. The number of urea groups is 1. The van der Waals surface area contributed by atoms with Gasteiger partial charge in [0.1, 0.15) is 18.1 Å². The van der Waals surface area contributed by atoms with Gasteiger partial charge >= 0.3 is 6.03 Å². The van der Waals surface area contributed by atoms with Crippen LogP contribution in [0.5, 0.6) is 11.5 Å². The van der Waals surface area contributed by atoms with Crippen molar-refractivity contribution < 1.29 is 24.2 Å². The van der Waals surface area contributed by atoms with Crippen LogP contribution in [0.1, 0.15) is 36.0 Å². The van der Waals surface area contributed by atoms with Gasteiger partial charge in [0.05, 0.1) is 19.3 Å². The summed E-state index contributed by atoms with van der Waals surface area (Å²) in [5, 5.41) is 16.4. The fourth-order valence-electron chi connectivity index (χ4n) is 4.63. The number of carbonyl (C=O) groups is 2. The Morgan fingerprint density at radius 1 is 1.03 bits per heavy atom. The third kappa shape index (κ3) is 7.11. The first-order valence-electron chi connectivity index (χ1n) is 12.7. The van der Waals surface area contributed by atoms with E-state index in [0.29, 0.717) is 43.0 Å². The van der Waals surface area contributed by atoms with E-state index in [-0.39, 0.29) is 18.5 Å². The summed E-state index contributed by atoms with van der Waals surface area (Å²) in [6, 6.07) is 13.3. The molecule has 0 aliphatic carbocycles. The summed E-state index contributed by atoms with van der Waals surface area (Å²) in [4.78, 5) is 29.8. The van der Waals surface area contributed by atoms with Crippen LogP contribution in [0, 0.1) is 0 Å². The fraction of sp³-hybridized carbons (Fsp3) is 0.481. The van der Waals surface area contributed by atoms with Crippen molar-refractivity contribution in [3.05, 3.63) is 54.1 Å². The van der Waals surface area contributed by atoms with Crippen molar-refractivity contribution in [2.24, 2.45) is 0 Å². The standard InChI is InChI=1S/C27H36N4O5/c1-35-23-7-4-6-21(18-23)28-27(34)31-15-5-8-25(32)24(19-31)29-26(33)20-9-11-22(12-10-20)36-17-16-30-13-2-3-14-30/h4,6-7,9-12,18,24-25,32H,2-3,5,8,13-17,19H2,1H3,(H,28,34)(H,29,33)/t24-,25-/m1/s1. The van der Waals surface area contributed by atoms with E-state index in [0.717, 1.165) is 25.4 Å².